The molecule has 5 nitrogen and oxygen atoms in total. The van der Waals surface area contributed by atoms with E-state index in [2.05, 4.69) is 5.32 Å². The van der Waals surface area contributed by atoms with Crippen molar-refractivity contribution in [3.8, 4) is 0 Å². The molecule has 0 bridgehead atoms. The van der Waals surface area contributed by atoms with Crippen LogP contribution in [0.2, 0.25) is 0 Å². The molecule has 0 aromatic heterocycles. The highest BCUT2D eigenvalue weighted by molar-refractivity contribution is 8.77. The van der Waals surface area contributed by atoms with Crippen molar-refractivity contribution >= 4 is 33.3 Å². The van der Waals surface area contributed by atoms with Crippen molar-refractivity contribution in [3.05, 3.63) is 0 Å². The highest BCUT2D eigenvalue weighted by Crippen LogP contribution is 2.50. The summed E-state index contributed by atoms with van der Waals surface area (Å²) in [6.07, 6.45) is 7.91. The first-order valence-corrected chi connectivity index (χ1v) is 13.0. The Morgan fingerprint density at radius 2 is 1.96 bits per heavy atom. The molecule has 2 heterocycles. The van der Waals surface area contributed by atoms with Gasteiger partial charge in [-0.25, -0.2) is 0 Å². The van der Waals surface area contributed by atoms with Crippen LogP contribution in [0.5, 0.6) is 0 Å². The third kappa shape index (κ3) is 4.68. The molecule has 0 amide bonds. The fourth-order valence-corrected chi connectivity index (χ4v) is 8.63. The first kappa shape index (κ1) is 20.0. The van der Waals surface area contributed by atoms with Crippen LogP contribution < -0.4 is 11.1 Å². The number of ether oxygens (including phenoxy) is 1. The summed E-state index contributed by atoms with van der Waals surface area (Å²) in [4.78, 5) is 25.9. The summed E-state index contributed by atoms with van der Waals surface area (Å²) in [6.45, 7) is 1.53. The third-order valence-electron chi connectivity index (χ3n) is 6.90. The number of carbonyl (C=O) groups is 2. The highest BCUT2D eigenvalue weighted by atomic mass is 33.1. The first-order chi connectivity index (χ1) is 13.1. The van der Waals surface area contributed by atoms with Crippen LogP contribution in [0.4, 0.5) is 0 Å². The average Bonchev–Trinajstić information content (AvgIpc) is 3.27. The van der Waals surface area contributed by atoms with Crippen LogP contribution in [-0.2, 0) is 14.3 Å². The Labute approximate surface area is 170 Å². The number of esters is 1. The minimum atomic E-state index is -0.103. The molecule has 2 aliphatic heterocycles. The van der Waals surface area contributed by atoms with E-state index in [0.717, 1.165) is 31.6 Å². The van der Waals surface area contributed by atoms with Gasteiger partial charge in [-0.1, -0.05) is 28.0 Å². The van der Waals surface area contributed by atoms with E-state index in [9.17, 15) is 9.59 Å². The topological polar surface area (TPSA) is 81.4 Å². The fourth-order valence-electron chi connectivity index (χ4n) is 4.99. The van der Waals surface area contributed by atoms with Crippen LogP contribution >= 0.6 is 21.6 Å². The summed E-state index contributed by atoms with van der Waals surface area (Å²) in [5, 5.41) is 3.71. The predicted octanol–water partition coefficient (Wildman–Crippen LogP) is 2.77. The number of carbonyl (C=O) groups excluding carboxylic acids is 2. The summed E-state index contributed by atoms with van der Waals surface area (Å²) >= 11 is 0. The van der Waals surface area contributed by atoms with Gasteiger partial charge in [-0.15, -0.1) is 0 Å². The molecule has 0 radical (unpaired) electrons. The summed E-state index contributed by atoms with van der Waals surface area (Å²) in [5.41, 5.74) is 6.44. The molecule has 6 atom stereocenters. The van der Waals surface area contributed by atoms with Crippen LogP contribution in [-0.4, -0.2) is 48.0 Å². The lowest BCUT2D eigenvalue weighted by molar-refractivity contribution is -0.153. The highest BCUT2D eigenvalue weighted by Gasteiger charge is 2.45. The number of hydrogen-bond acceptors (Lipinski definition) is 7. The van der Waals surface area contributed by atoms with E-state index in [1.54, 1.807) is 0 Å². The average molecular weight is 413 g/mol. The van der Waals surface area contributed by atoms with E-state index in [1.807, 2.05) is 21.6 Å². The Hall–Kier alpha value is -0.240. The number of ketones is 1. The van der Waals surface area contributed by atoms with Crippen LogP contribution in [0.25, 0.3) is 0 Å². The molecular formula is C20H32N2O3S2. The minimum Gasteiger partial charge on any atom is -0.465 e. The first-order valence-electron chi connectivity index (χ1n) is 10.6. The van der Waals surface area contributed by atoms with Crippen molar-refractivity contribution in [2.24, 2.45) is 29.4 Å². The van der Waals surface area contributed by atoms with Crippen molar-refractivity contribution in [2.45, 2.75) is 68.7 Å². The molecule has 0 spiro atoms. The molecule has 0 aromatic rings. The molecule has 2 saturated carbocycles. The quantitative estimate of drug-likeness (QED) is 0.531. The van der Waals surface area contributed by atoms with Crippen molar-refractivity contribution in [1.82, 2.24) is 5.32 Å². The van der Waals surface area contributed by atoms with Gasteiger partial charge in [-0.3, -0.25) is 9.59 Å². The van der Waals surface area contributed by atoms with Crippen LogP contribution in [0.15, 0.2) is 0 Å². The number of fused-ring (bicyclic) bond motifs is 1. The monoisotopic (exact) mass is 412 g/mol. The number of nitrogens with two attached hydrogens (primary N) is 1. The standard InChI is InChI=1S/C20H32N2O3S2/c21-14-7-13(19(23)17-5-2-6-22-17)8-18-16(11-26-27-18)15(9-14)20(24)25-10-12-3-1-4-12/h12-18,22H,1-11,21H2/t13?,14?,15?,16?,17-,18?/m0/s1. The second-order valence-electron chi connectivity index (χ2n) is 8.83. The number of nitrogens with one attached hydrogen (secondary N) is 1. The molecular weight excluding hydrogens is 380 g/mol. The fraction of sp³-hybridized carbons (Fsp3) is 0.900. The van der Waals surface area contributed by atoms with Crippen LogP contribution in [0, 0.1) is 23.7 Å². The zero-order valence-corrected chi connectivity index (χ0v) is 17.6. The van der Waals surface area contributed by atoms with E-state index in [-0.39, 0.29) is 35.8 Å². The number of Topliss-reactive ketones (excluding diaryl/α,β-unsaturated/α-hetero) is 1. The van der Waals surface area contributed by atoms with E-state index in [1.165, 1.54) is 19.3 Å². The van der Waals surface area contributed by atoms with Crippen LogP contribution in [0.3, 0.4) is 0 Å². The van der Waals surface area contributed by atoms with Gasteiger partial charge >= 0.3 is 5.97 Å². The lowest BCUT2D eigenvalue weighted by Gasteiger charge is -2.35. The lowest BCUT2D eigenvalue weighted by atomic mass is 9.75. The molecule has 3 N–H and O–H groups in total. The lowest BCUT2D eigenvalue weighted by Crippen LogP contribution is -2.45. The molecule has 27 heavy (non-hydrogen) atoms. The molecule has 152 valence electrons. The summed E-state index contributed by atoms with van der Waals surface area (Å²) < 4.78 is 5.70. The SMILES string of the molecule is NC1CC(C(=O)[C@@H]2CCCN2)CC2SSCC2C(C(=O)OCC2CCC2)C1. The van der Waals surface area contributed by atoms with Gasteiger partial charge in [-0.2, -0.15) is 0 Å². The van der Waals surface area contributed by atoms with Gasteiger partial charge in [0.2, 0.25) is 0 Å². The maximum Gasteiger partial charge on any atom is 0.309 e. The zero-order valence-electron chi connectivity index (χ0n) is 15.9. The number of hydrogen-bond donors (Lipinski definition) is 2. The van der Waals surface area contributed by atoms with Crippen molar-refractivity contribution in [1.29, 1.82) is 0 Å². The Balaban J connectivity index is 1.41. The van der Waals surface area contributed by atoms with E-state index >= 15 is 0 Å². The van der Waals surface area contributed by atoms with E-state index in [0.29, 0.717) is 36.4 Å². The Kier molecular flexibility index (Phi) is 6.72. The molecule has 4 fully saturated rings. The Bertz CT molecular complexity index is 551. The molecule has 7 heteroatoms. The molecule has 0 aromatic carbocycles. The van der Waals surface area contributed by atoms with Gasteiger partial charge in [0.1, 0.15) is 0 Å². The molecule has 2 saturated heterocycles. The van der Waals surface area contributed by atoms with Crippen molar-refractivity contribution < 1.29 is 14.3 Å². The van der Waals surface area contributed by atoms with Crippen molar-refractivity contribution in [2.75, 3.05) is 18.9 Å². The normalized spacial score (nSPS) is 39.9. The zero-order chi connectivity index (χ0) is 18.8. The van der Waals surface area contributed by atoms with Gasteiger partial charge in [-0.05, 0) is 63.3 Å². The van der Waals surface area contributed by atoms with Gasteiger partial charge in [0.05, 0.1) is 18.6 Å². The van der Waals surface area contributed by atoms with Gasteiger partial charge in [0.25, 0.3) is 0 Å². The number of rotatable bonds is 5. The maximum absolute atomic E-state index is 13.0. The van der Waals surface area contributed by atoms with Gasteiger partial charge < -0.3 is 15.8 Å². The predicted molar refractivity (Wildman–Crippen MR) is 110 cm³/mol. The smallest absolute Gasteiger partial charge is 0.309 e. The Morgan fingerprint density at radius 1 is 1.11 bits per heavy atom. The molecule has 5 unspecified atom stereocenters. The second-order valence-corrected chi connectivity index (χ2v) is 11.5. The van der Waals surface area contributed by atoms with Gasteiger partial charge in [0, 0.05) is 23.0 Å². The van der Waals surface area contributed by atoms with Crippen LogP contribution in [0.1, 0.15) is 51.4 Å². The third-order valence-corrected chi connectivity index (χ3v) is 9.91. The summed E-state index contributed by atoms with van der Waals surface area (Å²) in [5.74, 6) is 2.05. The largest absolute Gasteiger partial charge is 0.465 e. The van der Waals surface area contributed by atoms with E-state index in [4.69, 9.17) is 10.5 Å². The minimum absolute atomic E-state index is 0.0161. The Morgan fingerprint density at radius 3 is 2.67 bits per heavy atom. The maximum atomic E-state index is 13.0. The molecule has 4 aliphatic rings. The summed E-state index contributed by atoms with van der Waals surface area (Å²) in [6, 6.07) is -0.0828. The van der Waals surface area contributed by atoms with E-state index < -0.39 is 0 Å². The van der Waals surface area contributed by atoms with Crippen molar-refractivity contribution in [3.63, 3.8) is 0 Å². The van der Waals surface area contributed by atoms with Gasteiger partial charge in [0.15, 0.2) is 5.78 Å². The second kappa shape index (κ2) is 9.06. The summed E-state index contributed by atoms with van der Waals surface area (Å²) in [7, 11) is 3.72. The molecule has 2 aliphatic carbocycles. The molecule has 4 rings (SSSR count).